The number of anilines is 1. The number of para-hydroxylation sites is 2. The molecule has 0 saturated carbocycles. The molecular weight excluding hydrogens is 434 g/mol. The fourth-order valence-corrected chi connectivity index (χ4v) is 5.00. The van der Waals surface area contributed by atoms with E-state index in [4.69, 9.17) is 4.98 Å². The number of sulfonamides is 1. The molecule has 1 atom stereocenters. The molecule has 3 aromatic carbocycles. The Hall–Kier alpha value is -4.22. The summed E-state index contributed by atoms with van der Waals surface area (Å²) < 4.78 is 30.8. The second-order valence-electron chi connectivity index (χ2n) is 7.60. The molecule has 2 aromatic heterocycles. The number of aromatic nitrogens is 3. The van der Waals surface area contributed by atoms with Gasteiger partial charge in [0.15, 0.2) is 5.65 Å². The van der Waals surface area contributed by atoms with E-state index in [0.29, 0.717) is 22.2 Å². The SMILES string of the molecule is C[C@H](c1ccccc1)n1c(NS(=O)(=O)c2ccccc2)c(C#N)c2nc3ccccc3nc21. The van der Waals surface area contributed by atoms with Crippen molar-refractivity contribution in [3.8, 4) is 6.07 Å². The van der Waals surface area contributed by atoms with Gasteiger partial charge in [0.25, 0.3) is 10.0 Å². The van der Waals surface area contributed by atoms with E-state index in [1.165, 1.54) is 12.1 Å². The first-order chi connectivity index (χ1) is 16.0. The van der Waals surface area contributed by atoms with Gasteiger partial charge in [-0.2, -0.15) is 5.26 Å². The highest BCUT2D eigenvalue weighted by molar-refractivity contribution is 7.92. The standard InChI is InChI=1S/C25H19N5O2S/c1-17(18-10-4-2-5-11-18)30-24(29-33(31,32)19-12-6-3-7-13-19)20(16-26)23-25(30)28-22-15-9-8-14-21(22)27-23/h2-15,17,29H,1H3/t17-/m1/s1. The Kier molecular flexibility index (Phi) is 5.04. The Balaban J connectivity index is 1.81. The molecule has 0 aliphatic carbocycles. The Bertz CT molecular complexity index is 1620. The van der Waals surface area contributed by atoms with E-state index in [9.17, 15) is 13.7 Å². The van der Waals surface area contributed by atoms with Crippen LogP contribution < -0.4 is 4.72 Å². The van der Waals surface area contributed by atoms with Crippen molar-refractivity contribution < 1.29 is 8.42 Å². The summed E-state index contributed by atoms with van der Waals surface area (Å²) in [7, 11) is -3.96. The van der Waals surface area contributed by atoms with Crippen LogP contribution in [0.4, 0.5) is 5.82 Å². The normalized spacial score (nSPS) is 12.5. The van der Waals surface area contributed by atoms with E-state index >= 15 is 0 Å². The smallest absolute Gasteiger partial charge is 0.263 e. The lowest BCUT2D eigenvalue weighted by molar-refractivity contribution is 0.599. The van der Waals surface area contributed by atoms with Gasteiger partial charge in [0.05, 0.1) is 22.0 Å². The second kappa shape index (κ2) is 8.04. The molecule has 0 amide bonds. The molecule has 33 heavy (non-hydrogen) atoms. The largest absolute Gasteiger partial charge is 0.302 e. The van der Waals surface area contributed by atoms with Crippen LogP contribution in [0, 0.1) is 11.3 Å². The number of hydrogen-bond donors (Lipinski definition) is 1. The number of rotatable bonds is 5. The molecule has 1 N–H and O–H groups in total. The van der Waals surface area contributed by atoms with E-state index in [-0.39, 0.29) is 22.3 Å². The summed E-state index contributed by atoms with van der Waals surface area (Å²) in [6.07, 6.45) is 0. The number of nitrogens with one attached hydrogen (secondary N) is 1. The Morgan fingerprint density at radius 2 is 1.45 bits per heavy atom. The molecule has 0 fully saturated rings. The number of hydrogen-bond acceptors (Lipinski definition) is 5. The van der Waals surface area contributed by atoms with Crippen LogP contribution in [-0.4, -0.2) is 23.0 Å². The molecule has 8 heteroatoms. The predicted molar refractivity (Wildman–Crippen MR) is 127 cm³/mol. The average Bonchev–Trinajstić information content (AvgIpc) is 3.14. The Morgan fingerprint density at radius 1 is 0.879 bits per heavy atom. The first-order valence-corrected chi connectivity index (χ1v) is 11.8. The lowest BCUT2D eigenvalue weighted by Gasteiger charge is -2.19. The van der Waals surface area contributed by atoms with Crippen molar-refractivity contribution in [1.82, 2.24) is 14.5 Å². The van der Waals surface area contributed by atoms with E-state index in [2.05, 4.69) is 15.8 Å². The maximum Gasteiger partial charge on any atom is 0.263 e. The van der Waals surface area contributed by atoms with Gasteiger partial charge in [0.2, 0.25) is 0 Å². The maximum absolute atomic E-state index is 13.2. The van der Waals surface area contributed by atoms with Crippen LogP contribution in [-0.2, 0) is 10.0 Å². The fourth-order valence-electron chi connectivity index (χ4n) is 3.91. The molecule has 0 spiro atoms. The molecule has 5 aromatic rings. The topological polar surface area (TPSA) is 101 Å². The zero-order chi connectivity index (χ0) is 23.0. The van der Waals surface area contributed by atoms with Crippen molar-refractivity contribution >= 4 is 38.0 Å². The van der Waals surface area contributed by atoms with Crippen LogP contribution in [0.2, 0.25) is 0 Å². The van der Waals surface area contributed by atoms with Crippen LogP contribution in [0.25, 0.3) is 22.2 Å². The third-order valence-electron chi connectivity index (χ3n) is 5.56. The van der Waals surface area contributed by atoms with Crippen molar-refractivity contribution in [3.05, 3.63) is 96.1 Å². The van der Waals surface area contributed by atoms with Gasteiger partial charge < -0.3 is 4.57 Å². The van der Waals surface area contributed by atoms with Crippen LogP contribution in [0.1, 0.15) is 24.1 Å². The number of benzene rings is 3. The third-order valence-corrected chi connectivity index (χ3v) is 6.92. The molecule has 162 valence electrons. The van der Waals surface area contributed by atoms with Gasteiger partial charge in [0.1, 0.15) is 23.0 Å². The molecule has 7 nitrogen and oxygen atoms in total. The summed E-state index contributed by atoms with van der Waals surface area (Å²) in [4.78, 5) is 9.54. The molecule has 0 unspecified atom stereocenters. The van der Waals surface area contributed by atoms with Gasteiger partial charge in [-0.25, -0.2) is 18.4 Å². The molecule has 2 heterocycles. The maximum atomic E-state index is 13.2. The van der Waals surface area contributed by atoms with Crippen LogP contribution in [0.15, 0.2) is 89.8 Å². The molecule has 0 aliphatic rings. The van der Waals surface area contributed by atoms with Crippen molar-refractivity contribution in [1.29, 1.82) is 5.26 Å². The Labute approximate surface area is 191 Å². The van der Waals surface area contributed by atoms with Gasteiger partial charge in [-0.1, -0.05) is 60.7 Å². The zero-order valence-corrected chi connectivity index (χ0v) is 18.5. The third kappa shape index (κ3) is 3.58. The summed E-state index contributed by atoms with van der Waals surface area (Å²) in [5.41, 5.74) is 3.14. The minimum absolute atomic E-state index is 0.101. The molecule has 0 aliphatic heterocycles. The lowest BCUT2D eigenvalue weighted by atomic mass is 10.1. The summed E-state index contributed by atoms with van der Waals surface area (Å²) in [6.45, 7) is 1.94. The second-order valence-corrected chi connectivity index (χ2v) is 9.28. The highest BCUT2D eigenvalue weighted by atomic mass is 32.2. The number of nitriles is 1. The van der Waals surface area contributed by atoms with Crippen molar-refractivity contribution in [2.24, 2.45) is 0 Å². The summed E-state index contributed by atoms with van der Waals surface area (Å²) >= 11 is 0. The summed E-state index contributed by atoms with van der Waals surface area (Å²) in [5.74, 6) is 0.142. The molecule has 0 saturated heterocycles. The van der Waals surface area contributed by atoms with Gasteiger partial charge in [-0.05, 0) is 36.8 Å². The number of fused-ring (bicyclic) bond motifs is 2. The molecule has 0 radical (unpaired) electrons. The molecule has 5 rings (SSSR count). The Morgan fingerprint density at radius 3 is 2.09 bits per heavy atom. The van der Waals surface area contributed by atoms with Crippen LogP contribution in [0.5, 0.6) is 0 Å². The van der Waals surface area contributed by atoms with Gasteiger partial charge in [-0.15, -0.1) is 0 Å². The molecular formula is C25H19N5O2S. The van der Waals surface area contributed by atoms with Crippen molar-refractivity contribution in [2.45, 2.75) is 17.9 Å². The van der Waals surface area contributed by atoms with E-state index in [1.54, 1.807) is 22.8 Å². The lowest BCUT2D eigenvalue weighted by Crippen LogP contribution is -2.18. The van der Waals surface area contributed by atoms with Crippen molar-refractivity contribution in [2.75, 3.05) is 4.72 Å². The fraction of sp³-hybridized carbons (Fsp3) is 0.0800. The van der Waals surface area contributed by atoms with Gasteiger partial charge in [-0.3, -0.25) is 4.72 Å². The van der Waals surface area contributed by atoms with Crippen molar-refractivity contribution in [3.63, 3.8) is 0 Å². The zero-order valence-electron chi connectivity index (χ0n) is 17.7. The quantitative estimate of drug-likeness (QED) is 0.409. The molecule has 0 bridgehead atoms. The first kappa shape index (κ1) is 20.7. The highest BCUT2D eigenvalue weighted by Gasteiger charge is 2.28. The predicted octanol–water partition coefficient (Wildman–Crippen LogP) is 4.87. The summed E-state index contributed by atoms with van der Waals surface area (Å²) in [5, 5.41) is 10.1. The summed E-state index contributed by atoms with van der Waals surface area (Å²) in [6, 6.07) is 26.9. The minimum atomic E-state index is -3.96. The first-order valence-electron chi connectivity index (χ1n) is 10.3. The minimum Gasteiger partial charge on any atom is -0.302 e. The van der Waals surface area contributed by atoms with Crippen LogP contribution >= 0.6 is 0 Å². The van der Waals surface area contributed by atoms with E-state index in [1.807, 2.05) is 61.5 Å². The van der Waals surface area contributed by atoms with E-state index < -0.39 is 10.0 Å². The van der Waals surface area contributed by atoms with Gasteiger partial charge >= 0.3 is 0 Å². The van der Waals surface area contributed by atoms with Crippen LogP contribution in [0.3, 0.4) is 0 Å². The van der Waals surface area contributed by atoms with E-state index in [0.717, 1.165) is 5.56 Å². The monoisotopic (exact) mass is 453 g/mol. The van der Waals surface area contributed by atoms with Gasteiger partial charge in [0, 0.05) is 0 Å². The average molecular weight is 454 g/mol. The highest BCUT2D eigenvalue weighted by Crippen LogP contribution is 2.35. The number of nitrogens with zero attached hydrogens (tertiary/aromatic N) is 4.